The van der Waals surface area contributed by atoms with Crippen molar-refractivity contribution >= 4 is 17.7 Å². The van der Waals surface area contributed by atoms with E-state index in [9.17, 15) is 14.4 Å². The maximum Gasteiger partial charge on any atom is 0.334 e. The first-order valence-electron chi connectivity index (χ1n) is 8.42. The predicted molar refractivity (Wildman–Crippen MR) is 91.4 cm³/mol. The summed E-state index contributed by atoms with van der Waals surface area (Å²) in [5.41, 5.74) is 3.21. The van der Waals surface area contributed by atoms with E-state index >= 15 is 0 Å². The monoisotopic (exact) mass is 342 g/mol. The third-order valence-corrected chi connectivity index (χ3v) is 5.40. The molecule has 1 aliphatic heterocycles. The Labute approximate surface area is 147 Å². The van der Waals surface area contributed by atoms with Crippen molar-refractivity contribution in [2.24, 2.45) is 11.8 Å². The molecule has 132 valence electrons. The first-order valence-corrected chi connectivity index (χ1v) is 8.42. The zero-order valence-corrected chi connectivity index (χ0v) is 14.9. The number of rotatable bonds is 2. The summed E-state index contributed by atoms with van der Waals surface area (Å²) in [4.78, 5) is 36.8. The molecular weight excluding hydrogens is 320 g/mol. The lowest BCUT2D eigenvalue weighted by atomic mass is 9.82. The Morgan fingerprint density at radius 1 is 1.36 bits per heavy atom. The molecule has 1 saturated heterocycles. The van der Waals surface area contributed by atoms with Gasteiger partial charge in [0.1, 0.15) is 12.2 Å². The van der Waals surface area contributed by atoms with E-state index in [2.05, 4.69) is 6.58 Å². The molecule has 0 N–H and O–H groups in total. The second-order valence-electron chi connectivity index (χ2n) is 6.96. The van der Waals surface area contributed by atoms with E-state index in [1.165, 1.54) is 0 Å². The maximum atomic E-state index is 12.4. The van der Waals surface area contributed by atoms with Gasteiger partial charge in [-0.1, -0.05) is 23.8 Å². The van der Waals surface area contributed by atoms with Crippen molar-refractivity contribution in [1.82, 2.24) is 0 Å². The van der Waals surface area contributed by atoms with Gasteiger partial charge in [0.25, 0.3) is 0 Å². The van der Waals surface area contributed by atoms with Gasteiger partial charge in [-0.05, 0) is 33.8 Å². The van der Waals surface area contributed by atoms with Gasteiger partial charge in [0, 0.05) is 29.1 Å². The fraction of sp³-hybridized carbons (Fsp3) is 0.450. The summed E-state index contributed by atoms with van der Waals surface area (Å²) in [6.45, 7) is 11.0. The summed E-state index contributed by atoms with van der Waals surface area (Å²) >= 11 is 0. The highest BCUT2D eigenvalue weighted by Gasteiger charge is 2.53. The molecule has 25 heavy (non-hydrogen) atoms. The molecule has 0 unspecified atom stereocenters. The van der Waals surface area contributed by atoms with Crippen LogP contribution < -0.4 is 0 Å². The average molecular weight is 342 g/mol. The smallest absolute Gasteiger partial charge is 0.334 e. The topological polar surface area (TPSA) is 69.7 Å². The lowest BCUT2D eigenvalue weighted by Gasteiger charge is -2.28. The Hall–Kier alpha value is -2.43. The maximum absolute atomic E-state index is 12.4. The molecule has 0 bridgehead atoms. The van der Waals surface area contributed by atoms with Crippen LogP contribution in [0, 0.1) is 11.8 Å². The highest BCUT2D eigenvalue weighted by molar-refractivity contribution is 6.09. The third kappa shape index (κ3) is 2.68. The number of ketones is 1. The molecular formula is C20H22O5. The van der Waals surface area contributed by atoms with E-state index < -0.39 is 30.1 Å². The molecule has 0 radical (unpaired) electrons. The summed E-state index contributed by atoms with van der Waals surface area (Å²) in [6, 6.07) is 0. The molecule has 3 aliphatic rings. The molecule has 5 nitrogen and oxygen atoms in total. The highest BCUT2D eigenvalue weighted by atomic mass is 16.6. The van der Waals surface area contributed by atoms with Crippen LogP contribution in [0.25, 0.3) is 0 Å². The summed E-state index contributed by atoms with van der Waals surface area (Å²) < 4.78 is 11.3. The minimum atomic E-state index is -0.579. The summed E-state index contributed by atoms with van der Waals surface area (Å²) in [7, 11) is 0. The SMILES string of the molecule is C=C1C(=O)O[C@@H]2[C@@H]3C(C)=CC(=O)C3=C(C)C[C@H](OC(=O)/C(C)=C\C)[C@@H]12. The number of carbonyl (C=O) groups is 3. The Balaban J connectivity index is 2.04. The Morgan fingerprint density at radius 3 is 2.68 bits per heavy atom. The predicted octanol–water partition coefficient (Wildman–Crippen LogP) is 2.83. The number of carbonyl (C=O) groups excluding carboxylic acids is 3. The summed E-state index contributed by atoms with van der Waals surface area (Å²) in [6.07, 6.45) is 2.53. The van der Waals surface area contributed by atoms with E-state index in [1.54, 1.807) is 26.0 Å². The normalized spacial score (nSPS) is 32.1. The fourth-order valence-corrected chi connectivity index (χ4v) is 3.97. The molecule has 4 atom stereocenters. The van der Waals surface area contributed by atoms with Gasteiger partial charge in [-0.2, -0.15) is 0 Å². The highest BCUT2D eigenvalue weighted by Crippen LogP contribution is 2.48. The van der Waals surface area contributed by atoms with E-state index in [0.29, 0.717) is 23.1 Å². The van der Waals surface area contributed by atoms with Crippen LogP contribution in [0.4, 0.5) is 0 Å². The molecule has 1 heterocycles. The molecule has 0 saturated carbocycles. The molecule has 0 aromatic rings. The van der Waals surface area contributed by atoms with Crippen LogP contribution in [0.2, 0.25) is 0 Å². The quantitative estimate of drug-likeness (QED) is 0.570. The Kier molecular flexibility index (Phi) is 4.27. The van der Waals surface area contributed by atoms with Gasteiger partial charge in [-0.15, -0.1) is 0 Å². The molecule has 0 spiro atoms. The van der Waals surface area contributed by atoms with Gasteiger partial charge in [0.05, 0.1) is 5.92 Å². The molecule has 0 amide bonds. The zero-order chi connectivity index (χ0) is 18.5. The van der Waals surface area contributed by atoms with Crippen LogP contribution in [0.1, 0.15) is 34.1 Å². The molecule has 5 heteroatoms. The lowest BCUT2D eigenvalue weighted by molar-refractivity contribution is -0.148. The molecule has 1 fully saturated rings. The number of esters is 2. The van der Waals surface area contributed by atoms with E-state index in [-0.39, 0.29) is 11.7 Å². The van der Waals surface area contributed by atoms with Crippen molar-refractivity contribution in [3.05, 3.63) is 46.6 Å². The largest absolute Gasteiger partial charge is 0.458 e. The van der Waals surface area contributed by atoms with Crippen LogP contribution in [0.5, 0.6) is 0 Å². The van der Waals surface area contributed by atoms with E-state index in [0.717, 1.165) is 11.1 Å². The van der Waals surface area contributed by atoms with Crippen LogP contribution >= 0.6 is 0 Å². The van der Waals surface area contributed by atoms with E-state index in [1.807, 2.05) is 13.8 Å². The number of ether oxygens (including phenoxy) is 2. The van der Waals surface area contributed by atoms with Gasteiger partial charge in [0.15, 0.2) is 5.78 Å². The van der Waals surface area contributed by atoms with Gasteiger partial charge < -0.3 is 9.47 Å². The number of hydrogen-bond donors (Lipinski definition) is 0. The van der Waals surface area contributed by atoms with Crippen molar-refractivity contribution in [1.29, 1.82) is 0 Å². The molecule has 0 aromatic carbocycles. The van der Waals surface area contributed by atoms with Gasteiger partial charge in [-0.25, -0.2) is 9.59 Å². The summed E-state index contributed by atoms with van der Waals surface area (Å²) in [5.74, 6) is -1.70. The molecule has 3 rings (SSSR count). The second-order valence-corrected chi connectivity index (χ2v) is 6.96. The number of fused-ring (bicyclic) bond motifs is 3. The van der Waals surface area contributed by atoms with Crippen LogP contribution in [0.3, 0.4) is 0 Å². The van der Waals surface area contributed by atoms with Crippen LogP contribution in [0.15, 0.2) is 46.6 Å². The first-order chi connectivity index (χ1) is 11.8. The zero-order valence-electron chi connectivity index (χ0n) is 14.9. The molecule has 2 aliphatic carbocycles. The van der Waals surface area contributed by atoms with Gasteiger partial charge in [-0.3, -0.25) is 4.79 Å². The summed E-state index contributed by atoms with van der Waals surface area (Å²) in [5, 5.41) is 0. The van der Waals surface area contributed by atoms with Crippen molar-refractivity contribution in [3.63, 3.8) is 0 Å². The first kappa shape index (κ1) is 17.4. The van der Waals surface area contributed by atoms with Crippen molar-refractivity contribution in [3.8, 4) is 0 Å². The minimum Gasteiger partial charge on any atom is -0.458 e. The standard InChI is InChI=1S/C20H22O5/c1-6-9(2)19(22)24-14-8-11(4)15-13(21)7-10(3)16(15)18-17(14)12(5)20(23)25-18/h6-7,14,16-18H,5,8H2,1-4H3/b9-6-/t14-,16+,17+,18+/m0/s1. The van der Waals surface area contributed by atoms with Gasteiger partial charge in [0.2, 0.25) is 0 Å². The van der Waals surface area contributed by atoms with Crippen molar-refractivity contribution in [2.45, 2.75) is 46.3 Å². The van der Waals surface area contributed by atoms with Gasteiger partial charge >= 0.3 is 11.9 Å². The van der Waals surface area contributed by atoms with Crippen molar-refractivity contribution < 1.29 is 23.9 Å². The number of allylic oxidation sites excluding steroid dienone is 2. The Morgan fingerprint density at radius 2 is 2.04 bits per heavy atom. The third-order valence-electron chi connectivity index (χ3n) is 5.40. The number of hydrogen-bond acceptors (Lipinski definition) is 5. The Bertz CT molecular complexity index is 780. The lowest BCUT2D eigenvalue weighted by Crippen LogP contribution is -2.36. The van der Waals surface area contributed by atoms with Crippen LogP contribution in [-0.4, -0.2) is 29.9 Å². The fourth-order valence-electron chi connectivity index (χ4n) is 3.97. The van der Waals surface area contributed by atoms with Crippen LogP contribution in [-0.2, 0) is 23.9 Å². The minimum absolute atomic E-state index is 0.0519. The van der Waals surface area contributed by atoms with Crippen molar-refractivity contribution in [2.75, 3.05) is 0 Å². The average Bonchev–Trinajstić information content (AvgIpc) is 2.96. The second kappa shape index (κ2) is 6.14. The molecule has 0 aromatic heterocycles. The van der Waals surface area contributed by atoms with E-state index in [4.69, 9.17) is 9.47 Å².